The van der Waals surface area contributed by atoms with Gasteiger partial charge in [0.05, 0.1) is 26.9 Å². The molecule has 0 bridgehead atoms. The first kappa shape index (κ1) is 33.0. The molecule has 13 heteroatoms. The number of benzene rings is 1. The number of nitrogens with zero attached hydrogens (tertiary/aromatic N) is 2. The first-order valence-corrected chi connectivity index (χ1v) is 15.6. The number of alkyl carbamates (subject to hydrolysis) is 1. The summed E-state index contributed by atoms with van der Waals surface area (Å²) in [5.41, 5.74) is -2.03. The van der Waals surface area contributed by atoms with Gasteiger partial charge >= 0.3 is 12.1 Å². The molecule has 2 N–H and O–H groups in total. The SMILES string of the molecule is CCOC(=O)[C@@]12CC1/C=C\COCC[C@H](NC(=O)OC(C)(C)C)C(=O)N1C[C@H](Oc3nccc4cc(OC)ccc34)C[C@H]1C(=O)N2. The van der Waals surface area contributed by atoms with Gasteiger partial charge in [0.1, 0.15) is 35.1 Å². The molecule has 2 fully saturated rings. The zero-order chi connectivity index (χ0) is 33.1. The van der Waals surface area contributed by atoms with E-state index in [0.29, 0.717) is 18.1 Å². The number of methoxy groups -OCH3 is 1. The molecule has 3 heterocycles. The van der Waals surface area contributed by atoms with Crippen molar-refractivity contribution >= 4 is 34.6 Å². The maximum atomic E-state index is 14.2. The second-order valence-electron chi connectivity index (χ2n) is 12.7. The molecule has 13 nitrogen and oxygen atoms in total. The van der Waals surface area contributed by atoms with Gasteiger partial charge in [0, 0.05) is 36.9 Å². The summed E-state index contributed by atoms with van der Waals surface area (Å²) in [7, 11) is 1.59. The Kier molecular flexibility index (Phi) is 9.71. The molecule has 1 aromatic heterocycles. The molecule has 1 saturated heterocycles. The maximum Gasteiger partial charge on any atom is 0.408 e. The van der Waals surface area contributed by atoms with Gasteiger partial charge in [-0.05, 0) is 63.8 Å². The lowest BCUT2D eigenvalue weighted by Gasteiger charge is -2.30. The van der Waals surface area contributed by atoms with Crippen LogP contribution in [0.3, 0.4) is 0 Å². The standard InChI is InChI=1S/C33H42N4O9/c1-6-44-30(40)33-18-21(33)8-7-14-43-15-12-25(35-31(41)46-32(2,3)4)29(39)37-19-23(17-26(37)27(38)36-33)45-28-24-10-9-22(42-5)16-20(24)11-13-34-28/h7-11,13,16,21,23,25-26H,6,12,14-15,17-19H2,1-5H3,(H,35,41)(H,36,38)/b8-7-/t21?,23-,25+,26+,33-/m1/s1. The topological polar surface area (TPSA) is 155 Å². The molecule has 3 amide bonds. The number of nitrogens with one attached hydrogen (secondary N) is 2. The fourth-order valence-electron chi connectivity index (χ4n) is 5.87. The molecular weight excluding hydrogens is 596 g/mol. The van der Waals surface area contributed by atoms with Gasteiger partial charge in [-0.15, -0.1) is 0 Å². The molecule has 0 spiro atoms. The molecule has 2 aliphatic heterocycles. The summed E-state index contributed by atoms with van der Waals surface area (Å²) in [4.78, 5) is 59.8. The van der Waals surface area contributed by atoms with Gasteiger partial charge < -0.3 is 39.2 Å². The number of hydrogen-bond acceptors (Lipinski definition) is 10. The van der Waals surface area contributed by atoms with E-state index >= 15 is 0 Å². The number of aromatic nitrogens is 1. The van der Waals surface area contributed by atoms with E-state index < -0.39 is 53.2 Å². The third-order valence-corrected chi connectivity index (χ3v) is 8.18. The highest BCUT2D eigenvalue weighted by Crippen LogP contribution is 2.46. The number of hydrogen-bond donors (Lipinski definition) is 2. The molecule has 5 atom stereocenters. The predicted octanol–water partition coefficient (Wildman–Crippen LogP) is 2.90. The molecule has 1 aliphatic carbocycles. The Morgan fingerprint density at radius 2 is 2.02 bits per heavy atom. The third kappa shape index (κ3) is 7.35. The van der Waals surface area contributed by atoms with E-state index in [0.717, 1.165) is 10.8 Å². The van der Waals surface area contributed by atoms with Crippen LogP contribution in [0.2, 0.25) is 0 Å². The second-order valence-corrected chi connectivity index (χ2v) is 12.7. The molecule has 5 rings (SSSR count). The fourth-order valence-corrected chi connectivity index (χ4v) is 5.87. The fraction of sp³-hybridized carbons (Fsp3) is 0.545. The zero-order valence-electron chi connectivity index (χ0n) is 26.9. The van der Waals surface area contributed by atoms with Crippen molar-refractivity contribution in [3.05, 3.63) is 42.6 Å². The summed E-state index contributed by atoms with van der Waals surface area (Å²) in [5.74, 6) is -0.798. The Labute approximate surface area is 267 Å². The van der Waals surface area contributed by atoms with Crippen molar-refractivity contribution < 1.29 is 42.9 Å². The summed E-state index contributed by atoms with van der Waals surface area (Å²) < 4.78 is 28.2. The Hall–Kier alpha value is -4.39. The molecule has 46 heavy (non-hydrogen) atoms. The van der Waals surface area contributed by atoms with Crippen LogP contribution >= 0.6 is 0 Å². The van der Waals surface area contributed by atoms with Crippen molar-refractivity contribution in [3.8, 4) is 11.6 Å². The van der Waals surface area contributed by atoms with Gasteiger partial charge in [0.2, 0.25) is 17.7 Å². The summed E-state index contributed by atoms with van der Waals surface area (Å²) in [5, 5.41) is 7.17. The lowest BCUT2D eigenvalue weighted by atomic mass is 10.1. The Morgan fingerprint density at radius 3 is 2.76 bits per heavy atom. The minimum absolute atomic E-state index is 0.0359. The largest absolute Gasteiger partial charge is 0.497 e. The molecule has 1 unspecified atom stereocenters. The van der Waals surface area contributed by atoms with Gasteiger partial charge in [-0.3, -0.25) is 9.59 Å². The van der Waals surface area contributed by atoms with E-state index in [9.17, 15) is 19.2 Å². The van der Waals surface area contributed by atoms with Crippen molar-refractivity contribution in [2.75, 3.05) is 33.5 Å². The average Bonchev–Trinajstić information content (AvgIpc) is 3.53. The summed E-state index contributed by atoms with van der Waals surface area (Å²) in [6.45, 7) is 7.44. The van der Waals surface area contributed by atoms with Crippen LogP contribution in [0.4, 0.5) is 4.79 Å². The minimum atomic E-state index is -1.24. The molecule has 2 aromatic rings. The van der Waals surface area contributed by atoms with Gasteiger partial charge in [-0.1, -0.05) is 12.2 Å². The number of ether oxygens (including phenoxy) is 5. The highest BCUT2D eigenvalue weighted by molar-refractivity contribution is 5.96. The van der Waals surface area contributed by atoms with Gasteiger partial charge in [0.15, 0.2) is 0 Å². The number of amides is 3. The molecule has 0 radical (unpaired) electrons. The van der Waals surface area contributed by atoms with E-state index in [2.05, 4.69) is 15.6 Å². The van der Waals surface area contributed by atoms with Gasteiger partial charge in [-0.2, -0.15) is 0 Å². The minimum Gasteiger partial charge on any atom is -0.497 e. The van der Waals surface area contributed by atoms with Crippen molar-refractivity contribution in [2.24, 2.45) is 5.92 Å². The predicted molar refractivity (Wildman–Crippen MR) is 166 cm³/mol. The van der Waals surface area contributed by atoms with E-state index in [1.807, 2.05) is 24.3 Å². The molecule has 1 saturated carbocycles. The normalized spacial score (nSPS) is 27.4. The van der Waals surface area contributed by atoms with E-state index in [1.54, 1.807) is 53.1 Å². The average molecular weight is 639 g/mol. The van der Waals surface area contributed by atoms with Crippen LogP contribution in [0.1, 0.15) is 47.0 Å². The molecule has 3 aliphatic rings. The van der Waals surface area contributed by atoms with Gasteiger partial charge in [-0.25, -0.2) is 14.6 Å². The summed E-state index contributed by atoms with van der Waals surface area (Å²) >= 11 is 0. The van der Waals surface area contributed by atoms with Crippen LogP contribution in [0.15, 0.2) is 42.6 Å². The van der Waals surface area contributed by atoms with Crippen LogP contribution in [0.5, 0.6) is 11.6 Å². The van der Waals surface area contributed by atoms with E-state index in [-0.39, 0.29) is 45.1 Å². The van der Waals surface area contributed by atoms with Crippen molar-refractivity contribution in [2.45, 2.75) is 76.3 Å². The number of pyridine rings is 1. The quantitative estimate of drug-likeness (QED) is 0.357. The van der Waals surface area contributed by atoms with Crippen molar-refractivity contribution in [1.82, 2.24) is 20.5 Å². The first-order valence-electron chi connectivity index (χ1n) is 15.6. The second kappa shape index (κ2) is 13.5. The smallest absolute Gasteiger partial charge is 0.408 e. The third-order valence-electron chi connectivity index (χ3n) is 8.18. The van der Waals surface area contributed by atoms with E-state index in [4.69, 9.17) is 23.7 Å². The monoisotopic (exact) mass is 638 g/mol. The molecule has 248 valence electrons. The Balaban J connectivity index is 1.45. The maximum absolute atomic E-state index is 14.2. The first-order chi connectivity index (χ1) is 21.9. The lowest BCUT2D eigenvalue weighted by Crippen LogP contribution is -2.57. The van der Waals surface area contributed by atoms with Crippen LogP contribution in [0, 0.1) is 5.92 Å². The van der Waals surface area contributed by atoms with Crippen LogP contribution < -0.4 is 20.1 Å². The molecular formula is C33H42N4O9. The van der Waals surface area contributed by atoms with Crippen LogP contribution in [-0.4, -0.2) is 96.6 Å². The molecule has 1 aromatic carbocycles. The number of carbonyl (C=O) groups excluding carboxylic acids is 4. The number of esters is 1. The Bertz CT molecular complexity index is 1510. The zero-order valence-corrected chi connectivity index (χ0v) is 26.9. The highest BCUT2D eigenvalue weighted by Gasteiger charge is 2.62. The summed E-state index contributed by atoms with van der Waals surface area (Å²) in [6.07, 6.45) is 4.47. The van der Waals surface area contributed by atoms with Gasteiger partial charge in [0.25, 0.3) is 0 Å². The number of fused-ring (bicyclic) bond motifs is 3. The van der Waals surface area contributed by atoms with E-state index in [1.165, 1.54) is 4.90 Å². The van der Waals surface area contributed by atoms with Crippen LogP contribution in [-0.2, 0) is 28.6 Å². The van der Waals surface area contributed by atoms with Crippen molar-refractivity contribution in [1.29, 1.82) is 0 Å². The number of carbonyl (C=O) groups is 4. The lowest BCUT2D eigenvalue weighted by molar-refractivity contribution is -0.150. The summed E-state index contributed by atoms with van der Waals surface area (Å²) in [6, 6.07) is 5.28. The Morgan fingerprint density at radius 1 is 1.22 bits per heavy atom. The highest BCUT2D eigenvalue weighted by atomic mass is 16.6. The number of rotatable bonds is 6. The van der Waals surface area contributed by atoms with Crippen molar-refractivity contribution in [3.63, 3.8) is 0 Å². The van der Waals surface area contributed by atoms with Crippen LogP contribution in [0.25, 0.3) is 10.8 Å².